The van der Waals surface area contributed by atoms with E-state index in [-0.39, 0.29) is 0 Å². The summed E-state index contributed by atoms with van der Waals surface area (Å²) in [6.07, 6.45) is 0. The Balaban J connectivity index is 0.968. The Morgan fingerprint density at radius 3 is 1.56 bits per heavy atom. The third-order valence-corrected chi connectivity index (χ3v) is 13.3. The molecule has 4 aromatic heterocycles. The maximum atomic E-state index is 5.14. The van der Waals surface area contributed by atoms with Crippen LogP contribution in [0.2, 0.25) is 0 Å². The molecule has 4 nitrogen and oxygen atoms in total. The van der Waals surface area contributed by atoms with Crippen molar-refractivity contribution in [2.75, 3.05) is 0 Å². The van der Waals surface area contributed by atoms with Gasteiger partial charge in [0.25, 0.3) is 0 Å². The van der Waals surface area contributed by atoms with Crippen molar-refractivity contribution in [2.24, 2.45) is 0 Å². The van der Waals surface area contributed by atoms with Gasteiger partial charge in [0, 0.05) is 73.5 Å². The molecule has 0 unspecified atom stereocenters. The van der Waals surface area contributed by atoms with E-state index in [0.717, 1.165) is 22.4 Å². The van der Waals surface area contributed by atoms with Crippen LogP contribution in [0.4, 0.5) is 0 Å². The van der Waals surface area contributed by atoms with Crippen LogP contribution in [-0.2, 0) is 0 Å². The van der Waals surface area contributed by atoms with Crippen molar-refractivity contribution in [3.63, 3.8) is 0 Å². The Morgan fingerprint density at radius 1 is 0.298 bits per heavy atom. The molecule has 0 saturated carbocycles. The van der Waals surface area contributed by atoms with Gasteiger partial charge in [-0.1, -0.05) is 121 Å². The molecule has 0 spiro atoms. The van der Waals surface area contributed by atoms with Crippen LogP contribution in [0.1, 0.15) is 0 Å². The fourth-order valence-corrected chi connectivity index (χ4v) is 10.6. The van der Waals surface area contributed by atoms with Crippen molar-refractivity contribution in [2.45, 2.75) is 0 Å². The third kappa shape index (κ3) is 5.30. The van der Waals surface area contributed by atoms with Crippen LogP contribution in [0.25, 0.3) is 113 Å². The van der Waals surface area contributed by atoms with Crippen molar-refractivity contribution in [1.29, 1.82) is 0 Å². The maximum Gasteiger partial charge on any atom is 0.164 e. The minimum absolute atomic E-state index is 0.662. The number of thiophene rings is 2. The largest absolute Gasteiger partial charge is 0.309 e. The molecular weight excluding hydrogens is 733 g/mol. The minimum atomic E-state index is 0.662. The molecule has 0 saturated heterocycles. The Labute approximate surface area is 335 Å². The second-order valence-electron chi connectivity index (χ2n) is 14.4. The lowest BCUT2D eigenvalue weighted by atomic mass is 10.0. The molecule has 0 atom stereocenters. The first-order valence-corrected chi connectivity index (χ1v) is 20.6. The molecule has 6 heteroatoms. The highest BCUT2D eigenvalue weighted by Gasteiger charge is 2.17. The van der Waals surface area contributed by atoms with E-state index in [9.17, 15) is 0 Å². The van der Waals surface area contributed by atoms with E-state index in [0.29, 0.717) is 17.5 Å². The maximum absolute atomic E-state index is 5.14. The van der Waals surface area contributed by atoms with Gasteiger partial charge in [-0.3, -0.25) is 0 Å². The highest BCUT2D eigenvalue weighted by Crippen LogP contribution is 2.41. The molecule has 4 heterocycles. The lowest BCUT2D eigenvalue weighted by Crippen LogP contribution is -2.00. The Hall–Kier alpha value is -6.99. The molecule has 0 N–H and O–H groups in total. The average molecular weight is 763 g/mol. The molecular formula is C51H30N4S2. The number of hydrogen-bond acceptors (Lipinski definition) is 5. The minimum Gasteiger partial charge on any atom is -0.309 e. The molecule has 8 aromatic carbocycles. The molecule has 12 rings (SSSR count). The third-order valence-electron chi connectivity index (χ3n) is 11.1. The van der Waals surface area contributed by atoms with Crippen LogP contribution in [0.3, 0.4) is 0 Å². The highest BCUT2D eigenvalue weighted by atomic mass is 32.1. The number of para-hydroxylation sites is 2. The number of aromatic nitrogens is 4. The summed E-state index contributed by atoms with van der Waals surface area (Å²) < 4.78 is 7.37. The zero-order valence-corrected chi connectivity index (χ0v) is 32.1. The number of rotatable bonds is 5. The van der Waals surface area contributed by atoms with Crippen LogP contribution in [-0.4, -0.2) is 19.5 Å². The zero-order valence-electron chi connectivity index (χ0n) is 30.4. The van der Waals surface area contributed by atoms with Crippen LogP contribution in [0, 0.1) is 0 Å². The van der Waals surface area contributed by atoms with Crippen LogP contribution in [0.15, 0.2) is 182 Å². The predicted molar refractivity (Wildman–Crippen MR) is 242 cm³/mol. The van der Waals surface area contributed by atoms with Gasteiger partial charge in [0.2, 0.25) is 0 Å². The number of fused-ring (bicyclic) bond motifs is 9. The normalized spacial score (nSPS) is 11.9. The van der Waals surface area contributed by atoms with E-state index in [1.54, 1.807) is 0 Å². The molecule has 0 aliphatic rings. The quantitative estimate of drug-likeness (QED) is 0.175. The Kier molecular flexibility index (Phi) is 7.24. The summed E-state index contributed by atoms with van der Waals surface area (Å²) >= 11 is 3.63. The van der Waals surface area contributed by atoms with Crippen molar-refractivity contribution >= 4 is 84.8 Å². The fourth-order valence-electron chi connectivity index (χ4n) is 8.32. The molecule has 0 aliphatic carbocycles. The number of benzene rings is 8. The van der Waals surface area contributed by atoms with E-state index < -0.39 is 0 Å². The van der Waals surface area contributed by atoms with E-state index in [1.807, 2.05) is 40.9 Å². The SMILES string of the molecule is c1ccc(-c2nc(-c3ccc4c(c3)sc3cc(-c5ccc6c7ccccc7n(-c7ccccc7)c6c5)ccc34)nc(-c3ccc4sc5ccccc5c4c3)n2)cc1. The molecule has 57 heavy (non-hydrogen) atoms. The second-order valence-corrected chi connectivity index (χ2v) is 16.6. The lowest BCUT2D eigenvalue weighted by Gasteiger charge is -2.09. The summed E-state index contributed by atoms with van der Waals surface area (Å²) in [5, 5.41) is 7.48. The van der Waals surface area contributed by atoms with Gasteiger partial charge in [-0.15, -0.1) is 22.7 Å². The summed E-state index contributed by atoms with van der Waals surface area (Å²) in [6.45, 7) is 0. The van der Waals surface area contributed by atoms with Gasteiger partial charge in [0.1, 0.15) is 0 Å². The average Bonchev–Trinajstić information content (AvgIpc) is 3.95. The highest BCUT2D eigenvalue weighted by molar-refractivity contribution is 7.26. The molecule has 266 valence electrons. The van der Waals surface area contributed by atoms with Gasteiger partial charge in [-0.05, 0) is 71.8 Å². The first kappa shape index (κ1) is 32.3. The molecule has 12 aromatic rings. The van der Waals surface area contributed by atoms with Gasteiger partial charge in [0.05, 0.1) is 11.0 Å². The van der Waals surface area contributed by atoms with E-state index in [1.165, 1.54) is 73.3 Å². The molecule has 0 bridgehead atoms. The van der Waals surface area contributed by atoms with Crippen molar-refractivity contribution < 1.29 is 0 Å². The fraction of sp³-hybridized carbons (Fsp3) is 0. The van der Waals surface area contributed by atoms with Crippen molar-refractivity contribution in [3.8, 4) is 51.0 Å². The molecule has 0 amide bonds. The predicted octanol–water partition coefficient (Wildman–Crippen LogP) is 14.4. The van der Waals surface area contributed by atoms with Gasteiger partial charge in [-0.25, -0.2) is 15.0 Å². The van der Waals surface area contributed by atoms with Crippen LogP contribution in [0.5, 0.6) is 0 Å². The molecule has 0 fully saturated rings. The van der Waals surface area contributed by atoms with Crippen molar-refractivity contribution in [3.05, 3.63) is 182 Å². The van der Waals surface area contributed by atoms with Gasteiger partial charge < -0.3 is 4.57 Å². The van der Waals surface area contributed by atoms with E-state index in [4.69, 9.17) is 15.0 Å². The standard InChI is InChI=1S/C51H30N4S2/c1-3-11-31(12-4-1)49-52-50(34-22-26-46-42(27-34)39-16-8-10-18-45(39)56-46)54-51(53-49)35-21-25-41-40-24-20-33(29-47(40)57-48(41)30-35)32-19-23-38-37-15-7-9-17-43(37)55(44(38)28-32)36-13-5-2-6-14-36/h1-30H. The Morgan fingerprint density at radius 2 is 0.789 bits per heavy atom. The van der Waals surface area contributed by atoms with Crippen molar-refractivity contribution in [1.82, 2.24) is 19.5 Å². The van der Waals surface area contributed by atoms with Crippen LogP contribution >= 0.6 is 22.7 Å². The molecule has 0 aliphatic heterocycles. The monoisotopic (exact) mass is 762 g/mol. The number of hydrogen-bond donors (Lipinski definition) is 0. The van der Waals surface area contributed by atoms with Gasteiger partial charge in [0.15, 0.2) is 17.5 Å². The van der Waals surface area contributed by atoms with E-state index >= 15 is 0 Å². The van der Waals surface area contributed by atoms with E-state index in [2.05, 4.69) is 168 Å². The first-order chi connectivity index (χ1) is 28.2. The summed E-state index contributed by atoms with van der Waals surface area (Å²) in [6, 6.07) is 65.1. The zero-order chi connectivity index (χ0) is 37.5. The summed E-state index contributed by atoms with van der Waals surface area (Å²) in [4.78, 5) is 15.2. The number of nitrogens with zero attached hydrogens (tertiary/aromatic N) is 4. The van der Waals surface area contributed by atoms with Gasteiger partial charge >= 0.3 is 0 Å². The topological polar surface area (TPSA) is 43.6 Å². The summed E-state index contributed by atoms with van der Waals surface area (Å²) in [7, 11) is 0. The second kappa shape index (κ2) is 12.8. The summed E-state index contributed by atoms with van der Waals surface area (Å²) in [5.41, 5.74) is 8.88. The molecule has 0 radical (unpaired) electrons. The lowest BCUT2D eigenvalue weighted by molar-refractivity contribution is 1.08. The smallest absolute Gasteiger partial charge is 0.164 e. The summed E-state index contributed by atoms with van der Waals surface area (Å²) in [5.74, 6) is 1.99. The van der Waals surface area contributed by atoms with Gasteiger partial charge in [-0.2, -0.15) is 0 Å². The first-order valence-electron chi connectivity index (χ1n) is 19.0. The Bertz CT molecular complexity index is 3530. The van der Waals surface area contributed by atoms with Crippen LogP contribution < -0.4 is 0 Å².